The first kappa shape index (κ1) is 14.1. The number of hydrogen-bond acceptors (Lipinski definition) is 5. The Hall–Kier alpha value is -2.97. The van der Waals surface area contributed by atoms with E-state index in [4.69, 9.17) is 15.3 Å². The van der Waals surface area contributed by atoms with Gasteiger partial charge in [0.25, 0.3) is 5.69 Å². The Morgan fingerprint density at radius 2 is 1.63 bits per heavy atom. The number of carbonyl (C=O) groups is 3. The lowest BCUT2D eigenvalue weighted by molar-refractivity contribution is -0.385. The van der Waals surface area contributed by atoms with Crippen molar-refractivity contribution < 1.29 is 34.6 Å². The second-order valence-corrected chi connectivity index (χ2v) is 3.45. The van der Waals surface area contributed by atoms with Crippen LogP contribution in [0.4, 0.5) is 5.69 Å². The molecule has 0 aliphatic carbocycles. The van der Waals surface area contributed by atoms with Crippen LogP contribution in [0.15, 0.2) is 18.2 Å². The van der Waals surface area contributed by atoms with Crippen molar-refractivity contribution in [1.82, 2.24) is 0 Å². The van der Waals surface area contributed by atoms with Gasteiger partial charge >= 0.3 is 17.9 Å². The number of aromatic carboxylic acids is 1. The van der Waals surface area contributed by atoms with Crippen LogP contribution < -0.4 is 0 Å². The van der Waals surface area contributed by atoms with Crippen molar-refractivity contribution in [3.63, 3.8) is 0 Å². The van der Waals surface area contributed by atoms with Crippen molar-refractivity contribution in [2.75, 3.05) is 0 Å². The summed E-state index contributed by atoms with van der Waals surface area (Å²) in [5.74, 6) is -7.14. The van der Waals surface area contributed by atoms with Gasteiger partial charge in [0.2, 0.25) is 0 Å². The first-order valence-corrected chi connectivity index (χ1v) is 4.73. The average molecular weight is 269 g/mol. The first-order valence-electron chi connectivity index (χ1n) is 4.73. The summed E-state index contributed by atoms with van der Waals surface area (Å²) in [5.41, 5.74) is -1.89. The zero-order valence-corrected chi connectivity index (χ0v) is 9.14. The van der Waals surface area contributed by atoms with Gasteiger partial charge in [0.15, 0.2) is 5.92 Å². The molecule has 0 saturated heterocycles. The van der Waals surface area contributed by atoms with Crippen molar-refractivity contribution in [3.05, 3.63) is 39.4 Å². The predicted molar refractivity (Wildman–Crippen MR) is 58.1 cm³/mol. The van der Waals surface area contributed by atoms with Crippen molar-refractivity contribution in [2.24, 2.45) is 0 Å². The molecule has 9 heteroatoms. The third-order valence-corrected chi connectivity index (χ3v) is 2.28. The van der Waals surface area contributed by atoms with Gasteiger partial charge in [-0.25, -0.2) is 4.79 Å². The van der Waals surface area contributed by atoms with Crippen LogP contribution in [0.5, 0.6) is 0 Å². The fourth-order valence-electron chi connectivity index (χ4n) is 1.45. The number of hydrogen-bond donors (Lipinski definition) is 3. The van der Waals surface area contributed by atoms with Gasteiger partial charge in [0.1, 0.15) is 0 Å². The smallest absolute Gasteiger partial charge is 0.335 e. The van der Waals surface area contributed by atoms with E-state index in [2.05, 4.69) is 0 Å². The number of nitro benzene ring substituents is 1. The highest BCUT2D eigenvalue weighted by molar-refractivity contribution is 6.00. The van der Waals surface area contributed by atoms with Crippen molar-refractivity contribution in [2.45, 2.75) is 5.92 Å². The molecule has 3 N–H and O–H groups in total. The van der Waals surface area contributed by atoms with Crippen LogP contribution in [0.2, 0.25) is 0 Å². The van der Waals surface area contributed by atoms with Crippen LogP contribution in [0.25, 0.3) is 0 Å². The molecule has 0 atom stereocenters. The van der Waals surface area contributed by atoms with Crippen LogP contribution in [0, 0.1) is 10.1 Å². The summed E-state index contributed by atoms with van der Waals surface area (Å²) in [4.78, 5) is 42.0. The molecule has 0 spiro atoms. The van der Waals surface area contributed by atoms with E-state index in [9.17, 15) is 24.5 Å². The Labute approximate surface area is 104 Å². The molecule has 0 aromatic heterocycles. The number of benzene rings is 1. The lowest BCUT2D eigenvalue weighted by Gasteiger charge is -2.08. The average Bonchev–Trinajstić information content (AvgIpc) is 2.27. The Morgan fingerprint density at radius 1 is 1.11 bits per heavy atom. The molecule has 0 aliphatic rings. The topological polar surface area (TPSA) is 155 Å². The van der Waals surface area contributed by atoms with E-state index in [0.29, 0.717) is 6.07 Å². The highest BCUT2D eigenvalue weighted by Crippen LogP contribution is 2.28. The highest BCUT2D eigenvalue weighted by atomic mass is 16.6. The van der Waals surface area contributed by atoms with Gasteiger partial charge in [-0.2, -0.15) is 0 Å². The minimum Gasteiger partial charge on any atom is -0.480 e. The quantitative estimate of drug-likeness (QED) is 0.397. The van der Waals surface area contributed by atoms with Crippen molar-refractivity contribution in [1.29, 1.82) is 0 Å². The molecule has 0 fully saturated rings. The molecule has 0 amide bonds. The van der Waals surface area contributed by atoms with E-state index in [1.807, 2.05) is 0 Å². The van der Waals surface area contributed by atoms with E-state index in [1.54, 1.807) is 0 Å². The predicted octanol–water partition coefficient (Wildman–Crippen LogP) is 0.546. The molecule has 0 heterocycles. The number of nitro groups is 1. The molecule has 0 bridgehead atoms. The van der Waals surface area contributed by atoms with Crippen LogP contribution in [0.1, 0.15) is 21.8 Å². The number of carboxylic acids is 3. The minimum absolute atomic E-state index is 0.440. The number of nitrogens with zero attached hydrogens (tertiary/aromatic N) is 1. The zero-order chi connectivity index (χ0) is 14.7. The standard InChI is InChI=1S/C10H7NO8/c12-8(13)4-1-2-5(6(3-4)11(18)19)7(9(14)15)10(16)17/h1-3,7H,(H,12,13)(H,14,15)(H,16,17). The highest BCUT2D eigenvalue weighted by Gasteiger charge is 2.34. The minimum atomic E-state index is -2.14. The fraction of sp³-hybridized carbons (Fsp3) is 0.100. The summed E-state index contributed by atoms with van der Waals surface area (Å²) < 4.78 is 0. The molecular formula is C10H7NO8. The largest absolute Gasteiger partial charge is 0.480 e. The first-order chi connectivity index (χ1) is 8.75. The molecule has 0 aliphatic heterocycles. The number of aliphatic carboxylic acids is 2. The number of rotatable bonds is 5. The summed E-state index contributed by atoms with van der Waals surface area (Å²) in [6.07, 6.45) is 0. The Morgan fingerprint density at radius 3 is 2.00 bits per heavy atom. The fourth-order valence-corrected chi connectivity index (χ4v) is 1.45. The van der Waals surface area contributed by atoms with Gasteiger partial charge in [-0.15, -0.1) is 0 Å². The Kier molecular flexibility index (Phi) is 3.80. The van der Waals surface area contributed by atoms with Gasteiger partial charge < -0.3 is 15.3 Å². The van der Waals surface area contributed by atoms with E-state index >= 15 is 0 Å². The van der Waals surface area contributed by atoms with Gasteiger partial charge in [-0.1, -0.05) is 0 Å². The van der Waals surface area contributed by atoms with Crippen LogP contribution in [0.3, 0.4) is 0 Å². The van der Waals surface area contributed by atoms with Crippen LogP contribution in [-0.4, -0.2) is 38.2 Å². The normalized spacial score (nSPS) is 10.2. The van der Waals surface area contributed by atoms with Gasteiger partial charge in [0.05, 0.1) is 16.1 Å². The van der Waals surface area contributed by atoms with Crippen molar-refractivity contribution in [3.8, 4) is 0 Å². The summed E-state index contributed by atoms with van der Waals surface area (Å²) in [6.45, 7) is 0. The maximum atomic E-state index is 10.8. The summed E-state index contributed by atoms with van der Waals surface area (Å²) >= 11 is 0. The molecule has 0 saturated carbocycles. The van der Waals surface area contributed by atoms with E-state index < -0.39 is 45.6 Å². The van der Waals surface area contributed by atoms with E-state index in [0.717, 1.165) is 12.1 Å². The molecule has 100 valence electrons. The van der Waals surface area contributed by atoms with E-state index in [1.165, 1.54) is 0 Å². The molecule has 19 heavy (non-hydrogen) atoms. The molecule has 0 radical (unpaired) electrons. The Bertz CT molecular complexity index is 565. The molecule has 1 aromatic carbocycles. The lowest BCUT2D eigenvalue weighted by atomic mass is 9.96. The summed E-state index contributed by atoms with van der Waals surface area (Å²) in [5, 5.41) is 37.0. The molecule has 9 nitrogen and oxygen atoms in total. The summed E-state index contributed by atoms with van der Waals surface area (Å²) in [6, 6.07) is 2.34. The summed E-state index contributed by atoms with van der Waals surface area (Å²) in [7, 11) is 0. The van der Waals surface area contributed by atoms with Gasteiger partial charge in [0, 0.05) is 6.07 Å². The Balaban J connectivity index is 3.50. The third kappa shape index (κ3) is 2.83. The van der Waals surface area contributed by atoms with Crippen LogP contribution in [-0.2, 0) is 9.59 Å². The maximum absolute atomic E-state index is 10.8. The molecule has 0 unspecified atom stereocenters. The zero-order valence-electron chi connectivity index (χ0n) is 9.14. The number of carboxylic acid groups (broad SMARTS) is 3. The van der Waals surface area contributed by atoms with Gasteiger partial charge in [-0.3, -0.25) is 19.7 Å². The maximum Gasteiger partial charge on any atom is 0.335 e. The lowest BCUT2D eigenvalue weighted by Crippen LogP contribution is -2.22. The third-order valence-electron chi connectivity index (χ3n) is 2.28. The molecular weight excluding hydrogens is 262 g/mol. The molecule has 1 aromatic rings. The van der Waals surface area contributed by atoms with Crippen molar-refractivity contribution >= 4 is 23.6 Å². The second kappa shape index (κ2) is 5.12. The van der Waals surface area contributed by atoms with Gasteiger partial charge in [-0.05, 0) is 12.1 Å². The second-order valence-electron chi connectivity index (χ2n) is 3.45. The SMILES string of the molecule is O=C(O)c1ccc(C(C(=O)O)C(=O)O)c([N+](=O)[O-])c1. The van der Waals surface area contributed by atoms with Crippen LogP contribution >= 0.6 is 0 Å². The van der Waals surface area contributed by atoms with E-state index in [-0.39, 0.29) is 0 Å². The monoisotopic (exact) mass is 269 g/mol. The molecule has 1 rings (SSSR count).